The van der Waals surface area contributed by atoms with Crippen molar-refractivity contribution in [3.8, 4) is 0 Å². The highest BCUT2D eigenvalue weighted by molar-refractivity contribution is 5.91. The van der Waals surface area contributed by atoms with Crippen molar-refractivity contribution in [3.63, 3.8) is 0 Å². The van der Waals surface area contributed by atoms with Crippen LogP contribution in [0.25, 0.3) is 0 Å². The molecule has 0 spiro atoms. The van der Waals surface area contributed by atoms with Crippen LogP contribution in [0.5, 0.6) is 0 Å². The Hall–Kier alpha value is -0.960. The van der Waals surface area contributed by atoms with E-state index in [1.54, 1.807) is 6.92 Å². The molecular formula is C21H30O3. The van der Waals surface area contributed by atoms with Gasteiger partial charge in [0.15, 0.2) is 5.78 Å². The molecule has 0 aliphatic heterocycles. The van der Waals surface area contributed by atoms with E-state index in [0.29, 0.717) is 24.0 Å². The van der Waals surface area contributed by atoms with E-state index < -0.39 is 0 Å². The van der Waals surface area contributed by atoms with E-state index in [4.69, 9.17) is 0 Å². The third-order valence-corrected chi connectivity index (χ3v) is 8.38. The maximum atomic E-state index is 12.2. The molecule has 0 bridgehead atoms. The number of hydrogen-bond acceptors (Lipinski definition) is 3. The Bertz CT molecular complexity index is 621. The van der Waals surface area contributed by atoms with Gasteiger partial charge in [0.1, 0.15) is 5.78 Å². The normalized spacial score (nSPS) is 50.6. The quantitative estimate of drug-likeness (QED) is 0.797. The maximum Gasteiger partial charge on any atom is 0.155 e. The van der Waals surface area contributed by atoms with Crippen molar-refractivity contribution in [3.05, 3.63) is 11.6 Å². The van der Waals surface area contributed by atoms with Crippen LogP contribution in [0, 0.1) is 34.5 Å². The summed E-state index contributed by atoms with van der Waals surface area (Å²) < 4.78 is 0. The van der Waals surface area contributed by atoms with Crippen LogP contribution in [0.2, 0.25) is 0 Å². The van der Waals surface area contributed by atoms with Crippen molar-refractivity contribution < 1.29 is 14.7 Å². The summed E-state index contributed by atoms with van der Waals surface area (Å²) in [5, 5.41) is 11.2. The Morgan fingerprint density at radius 2 is 1.96 bits per heavy atom. The second-order valence-electron chi connectivity index (χ2n) is 9.41. The fourth-order valence-corrected chi connectivity index (χ4v) is 7.35. The first-order valence-electron chi connectivity index (χ1n) is 9.70. The molecule has 7 atom stereocenters. The summed E-state index contributed by atoms with van der Waals surface area (Å²) in [4.78, 5) is 24.0. The maximum absolute atomic E-state index is 12.2. The Kier molecular flexibility index (Phi) is 3.62. The van der Waals surface area contributed by atoms with Crippen molar-refractivity contribution in [1.29, 1.82) is 0 Å². The smallest absolute Gasteiger partial charge is 0.155 e. The average Bonchev–Trinajstić information content (AvgIpc) is 2.84. The number of Topliss-reactive ketones (excluding diaryl/α,β-unsaturated/α-hetero) is 1. The highest BCUT2D eigenvalue weighted by Gasteiger charge is 2.62. The van der Waals surface area contributed by atoms with Gasteiger partial charge in [-0.3, -0.25) is 9.59 Å². The first-order chi connectivity index (χ1) is 11.3. The molecule has 0 aromatic carbocycles. The number of aliphatic hydroxyl groups is 1. The van der Waals surface area contributed by atoms with E-state index in [-0.39, 0.29) is 34.6 Å². The number of aliphatic hydroxyl groups excluding tert-OH is 1. The molecule has 4 aliphatic rings. The second-order valence-corrected chi connectivity index (χ2v) is 9.41. The minimum atomic E-state index is -0.349. The van der Waals surface area contributed by atoms with Crippen LogP contribution in [0.1, 0.15) is 65.7 Å². The van der Waals surface area contributed by atoms with Gasteiger partial charge < -0.3 is 5.11 Å². The van der Waals surface area contributed by atoms with Gasteiger partial charge in [-0.05, 0) is 80.1 Å². The lowest BCUT2D eigenvalue weighted by Gasteiger charge is -2.59. The highest BCUT2D eigenvalue weighted by atomic mass is 16.3. The predicted octanol–water partition coefficient (Wildman–Crippen LogP) is 3.69. The van der Waals surface area contributed by atoms with E-state index >= 15 is 0 Å². The Morgan fingerprint density at radius 1 is 1.21 bits per heavy atom. The van der Waals surface area contributed by atoms with Gasteiger partial charge in [0.2, 0.25) is 0 Å². The molecule has 1 N–H and O–H groups in total. The Balaban J connectivity index is 1.72. The van der Waals surface area contributed by atoms with Crippen LogP contribution in [0.4, 0.5) is 0 Å². The summed E-state index contributed by atoms with van der Waals surface area (Å²) in [5.41, 5.74) is 1.23. The van der Waals surface area contributed by atoms with Crippen LogP contribution in [-0.2, 0) is 9.59 Å². The summed E-state index contributed by atoms with van der Waals surface area (Å²) >= 11 is 0. The molecular weight excluding hydrogens is 300 g/mol. The van der Waals surface area contributed by atoms with Crippen LogP contribution in [0.3, 0.4) is 0 Å². The molecule has 3 fully saturated rings. The molecule has 0 amide bonds. The van der Waals surface area contributed by atoms with Gasteiger partial charge >= 0.3 is 0 Å². The largest absolute Gasteiger partial charge is 0.393 e. The van der Waals surface area contributed by atoms with E-state index in [9.17, 15) is 14.7 Å². The molecule has 132 valence electrons. The lowest BCUT2D eigenvalue weighted by molar-refractivity contribution is -0.143. The van der Waals surface area contributed by atoms with Crippen molar-refractivity contribution in [1.82, 2.24) is 0 Å². The molecule has 4 aliphatic carbocycles. The van der Waals surface area contributed by atoms with E-state index in [2.05, 4.69) is 13.8 Å². The fourth-order valence-electron chi connectivity index (χ4n) is 7.35. The molecule has 0 heterocycles. The zero-order chi connectivity index (χ0) is 17.3. The minimum Gasteiger partial charge on any atom is -0.393 e. The van der Waals surface area contributed by atoms with Crippen LogP contribution in [-0.4, -0.2) is 22.8 Å². The topological polar surface area (TPSA) is 54.4 Å². The van der Waals surface area contributed by atoms with Gasteiger partial charge in [-0.15, -0.1) is 0 Å². The number of rotatable bonds is 1. The second kappa shape index (κ2) is 5.27. The Labute approximate surface area is 144 Å². The highest BCUT2D eigenvalue weighted by Crippen LogP contribution is 2.66. The molecule has 24 heavy (non-hydrogen) atoms. The van der Waals surface area contributed by atoms with Crippen molar-refractivity contribution in [2.45, 2.75) is 71.8 Å². The van der Waals surface area contributed by atoms with Gasteiger partial charge in [-0.2, -0.15) is 0 Å². The van der Waals surface area contributed by atoms with Gasteiger partial charge in [-0.25, -0.2) is 0 Å². The van der Waals surface area contributed by atoms with E-state index in [0.717, 1.165) is 38.5 Å². The van der Waals surface area contributed by atoms with Crippen LogP contribution in [0.15, 0.2) is 11.6 Å². The Morgan fingerprint density at radius 3 is 2.67 bits per heavy atom. The number of carbonyl (C=O) groups is 2. The molecule has 0 radical (unpaired) electrons. The zero-order valence-electron chi connectivity index (χ0n) is 15.2. The van der Waals surface area contributed by atoms with Crippen LogP contribution < -0.4 is 0 Å². The predicted molar refractivity (Wildman–Crippen MR) is 92.3 cm³/mol. The van der Waals surface area contributed by atoms with Crippen molar-refractivity contribution in [2.24, 2.45) is 34.5 Å². The molecule has 0 aromatic rings. The van der Waals surface area contributed by atoms with Gasteiger partial charge in [0.25, 0.3) is 0 Å². The van der Waals surface area contributed by atoms with Gasteiger partial charge in [0, 0.05) is 12.3 Å². The minimum absolute atomic E-state index is 0.0219. The molecule has 0 saturated heterocycles. The first kappa shape index (κ1) is 16.5. The average molecular weight is 330 g/mol. The molecule has 0 aromatic heterocycles. The lowest BCUT2D eigenvalue weighted by atomic mass is 9.46. The number of carbonyl (C=O) groups excluding carboxylic acids is 2. The third-order valence-electron chi connectivity index (χ3n) is 8.38. The van der Waals surface area contributed by atoms with Gasteiger partial charge in [-0.1, -0.05) is 19.4 Å². The fraction of sp³-hybridized carbons (Fsp3) is 0.810. The van der Waals surface area contributed by atoms with Crippen LogP contribution >= 0.6 is 0 Å². The molecule has 3 heteroatoms. The number of allylic oxidation sites excluding steroid dienone is 1. The lowest BCUT2D eigenvalue weighted by Crippen LogP contribution is -2.56. The number of fused-ring (bicyclic) bond motifs is 5. The monoisotopic (exact) mass is 330 g/mol. The SMILES string of the molecule is CC(=O)[C@H]1CC[C@@H]2[C@@H]3CCC4=CC(=O)CC[C@]4(C)[C@H]3[C@@H](O)C[C@]12C. The summed E-state index contributed by atoms with van der Waals surface area (Å²) in [6, 6.07) is 0. The number of hydrogen-bond donors (Lipinski definition) is 1. The zero-order valence-corrected chi connectivity index (χ0v) is 15.2. The standard InChI is InChI=1S/C21H30O3/c1-12(22)16-6-7-17-15-5-4-13-10-14(23)8-9-20(13,2)19(15)18(24)11-21(16,17)3/h10,15-19,24H,4-9,11H2,1-3H3/t15-,16+,17+,18-,19+,20-,21+/m0/s1. The van der Waals surface area contributed by atoms with Gasteiger partial charge in [0.05, 0.1) is 6.10 Å². The van der Waals surface area contributed by atoms with E-state index in [1.807, 2.05) is 6.08 Å². The number of ketones is 2. The molecule has 3 saturated carbocycles. The molecule has 3 nitrogen and oxygen atoms in total. The van der Waals surface area contributed by atoms with Crippen molar-refractivity contribution >= 4 is 11.6 Å². The summed E-state index contributed by atoms with van der Waals surface area (Å²) in [7, 11) is 0. The first-order valence-corrected chi connectivity index (χ1v) is 9.70. The summed E-state index contributed by atoms with van der Waals surface area (Å²) in [6.45, 7) is 6.27. The molecule has 4 rings (SSSR count). The van der Waals surface area contributed by atoms with E-state index in [1.165, 1.54) is 5.57 Å². The summed E-state index contributed by atoms with van der Waals surface area (Å²) in [5.74, 6) is 1.99. The third kappa shape index (κ3) is 2.06. The summed E-state index contributed by atoms with van der Waals surface area (Å²) in [6.07, 6.45) is 7.97. The molecule has 0 unspecified atom stereocenters. The van der Waals surface area contributed by atoms with Crippen molar-refractivity contribution in [2.75, 3.05) is 0 Å².